The van der Waals surface area contributed by atoms with E-state index in [4.69, 9.17) is 0 Å². The summed E-state index contributed by atoms with van der Waals surface area (Å²) in [5.41, 5.74) is 0. The predicted molar refractivity (Wildman–Crippen MR) is 71.2 cm³/mol. The monoisotopic (exact) mass is 255 g/mol. The Bertz CT molecular complexity index is 286. The Morgan fingerprint density at radius 3 is 2.50 bits per heavy atom. The minimum atomic E-state index is -0.0126. The number of hydrogen-bond donors (Lipinski definition) is 1. The Hall–Kier alpha value is -1.10. The molecule has 0 saturated carbocycles. The maximum absolute atomic E-state index is 12.2. The molecule has 1 saturated heterocycles. The number of amides is 2. The molecule has 1 aliphatic rings. The zero-order chi connectivity index (χ0) is 13.5. The van der Waals surface area contributed by atoms with Gasteiger partial charge in [-0.25, -0.2) is 0 Å². The summed E-state index contributed by atoms with van der Waals surface area (Å²) in [6.07, 6.45) is 2.51. The molecule has 5 nitrogen and oxygen atoms in total. The van der Waals surface area contributed by atoms with Crippen LogP contribution in [0.2, 0.25) is 0 Å². The highest BCUT2D eigenvalue weighted by Crippen LogP contribution is 2.14. The van der Waals surface area contributed by atoms with Crippen LogP contribution in [-0.4, -0.2) is 61.9 Å². The highest BCUT2D eigenvalue weighted by atomic mass is 16.2. The van der Waals surface area contributed by atoms with E-state index in [2.05, 4.69) is 5.32 Å². The largest absolute Gasteiger partial charge is 0.347 e. The lowest BCUT2D eigenvalue weighted by Gasteiger charge is -2.24. The van der Waals surface area contributed by atoms with Crippen molar-refractivity contribution in [3.8, 4) is 0 Å². The zero-order valence-electron chi connectivity index (χ0n) is 11.7. The third kappa shape index (κ3) is 4.64. The summed E-state index contributed by atoms with van der Waals surface area (Å²) in [5.74, 6) is 0.536. The van der Waals surface area contributed by atoms with Gasteiger partial charge < -0.3 is 15.1 Å². The fourth-order valence-corrected chi connectivity index (χ4v) is 2.13. The summed E-state index contributed by atoms with van der Waals surface area (Å²) in [6.45, 7) is 4.83. The van der Waals surface area contributed by atoms with Crippen molar-refractivity contribution in [2.45, 2.75) is 26.2 Å². The van der Waals surface area contributed by atoms with Gasteiger partial charge in [0.1, 0.15) is 0 Å². The maximum atomic E-state index is 12.2. The molecule has 2 amide bonds. The van der Waals surface area contributed by atoms with Crippen LogP contribution < -0.4 is 5.32 Å². The van der Waals surface area contributed by atoms with E-state index in [0.29, 0.717) is 18.9 Å². The van der Waals surface area contributed by atoms with Crippen LogP contribution in [-0.2, 0) is 9.59 Å². The van der Waals surface area contributed by atoms with Gasteiger partial charge in [0.15, 0.2) is 0 Å². The molecule has 0 aromatic rings. The summed E-state index contributed by atoms with van der Waals surface area (Å²) < 4.78 is 0. The first-order valence-electron chi connectivity index (χ1n) is 6.73. The second-order valence-corrected chi connectivity index (χ2v) is 5.17. The molecule has 104 valence electrons. The molecule has 18 heavy (non-hydrogen) atoms. The average Bonchev–Trinajstić information content (AvgIpc) is 2.80. The second-order valence-electron chi connectivity index (χ2n) is 5.17. The smallest absolute Gasteiger partial charge is 0.241 e. The Balaban J connectivity index is 2.48. The van der Waals surface area contributed by atoms with Crippen molar-refractivity contribution < 1.29 is 9.59 Å². The number of nitrogens with one attached hydrogen (secondary N) is 1. The van der Waals surface area contributed by atoms with E-state index in [9.17, 15) is 9.59 Å². The molecule has 0 aromatic heterocycles. The lowest BCUT2D eigenvalue weighted by atomic mass is 10.0. The van der Waals surface area contributed by atoms with Gasteiger partial charge in [0, 0.05) is 27.1 Å². The van der Waals surface area contributed by atoms with Gasteiger partial charge >= 0.3 is 0 Å². The number of rotatable bonds is 6. The lowest BCUT2D eigenvalue weighted by molar-refractivity contribution is -0.139. The van der Waals surface area contributed by atoms with Crippen molar-refractivity contribution in [3.05, 3.63) is 0 Å². The molecule has 0 spiro atoms. The molecule has 0 aromatic carbocycles. The van der Waals surface area contributed by atoms with Crippen molar-refractivity contribution >= 4 is 11.8 Å². The van der Waals surface area contributed by atoms with Gasteiger partial charge in [-0.1, -0.05) is 6.92 Å². The van der Waals surface area contributed by atoms with Gasteiger partial charge in [-0.2, -0.15) is 0 Å². The molecule has 5 heteroatoms. The summed E-state index contributed by atoms with van der Waals surface area (Å²) >= 11 is 0. The quantitative estimate of drug-likeness (QED) is 0.743. The fraction of sp³-hybridized carbons (Fsp3) is 0.846. The standard InChI is InChI=1S/C13H25N3O2/c1-4-7-16(10-13(18)15(2)3)12(17)8-11-5-6-14-9-11/h11,14H,4-10H2,1-3H3. The molecule has 0 radical (unpaired) electrons. The molecule has 1 atom stereocenters. The normalized spacial score (nSPS) is 18.7. The molecular weight excluding hydrogens is 230 g/mol. The van der Waals surface area contributed by atoms with Gasteiger partial charge in [0.2, 0.25) is 11.8 Å². The molecule has 1 aliphatic heterocycles. The van der Waals surface area contributed by atoms with Crippen LogP contribution in [0.5, 0.6) is 0 Å². The van der Waals surface area contributed by atoms with E-state index in [1.165, 1.54) is 4.90 Å². The van der Waals surface area contributed by atoms with Gasteiger partial charge in [0.05, 0.1) is 6.54 Å². The number of carbonyl (C=O) groups excluding carboxylic acids is 2. The average molecular weight is 255 g/mol. The Labute approximate surface area is 110 Å². The SMILES string of the molecule is CCCN(CC(=O)N(C)C)C(=O)CC1CCNC1. The number of likely N-dealkylation sites (N-methyl/N-ethyl adjacent to an activating group) is 1. The van der Waals surface area contributed by atoms with Crippen LogP contribution in [0.15, 0.2) is 0 Å². The summed E-state index contributed by atoms with van der Waals surface area (Å²) in [6, 6.07) is 0. The zero-order valence-corrected chi connectivity index (χ0v) is 11.7. The molecule has 0 aliphatic carbocycles. The Morgan fingerprint density at radius 1 is 1.28 bits per heavy atom. The van der Waals surface area contributed by atoms with E-state index < -0.39 is 0 Å². The molecular formula is C13H25N3O2. The van der Waals surface area contributed by atoms with Crippen LogP contribution in [0, 0.1) is 5.92 Å². The van der Waals surface area contributed by atoms with Crippen LogP contribution in [0.25, 0.3) is 0 Å². The van der Waals surface area contributed by atoms with Gasteiger partial charge in [-0.3, -0.25) is 9.59 Å². The second kappa shape index (κ2) is 7.36. The first kappa shape index (κ1) is 15.0. The van der Waals surface area contributed by atoms with E-state index in [1.807, 2.05) is 6.92 Å². The van der Waals surface area contributed by atoms with E-state index in [-0.39, 0.29) is 18.4 Å². The first-order chi connectivity index (χ1) is 8.54. The lowest BCUT2D eigenvalue weighted by Crippen LogP contribution is -2.41. The van der Waals surface area contributed by atoms with Crippen molar-refractivity contribution in [2.24, 2.45) is 5.92 Å². The first-order valence-corrected chi connectivity index (χ1v) is 6.73. The minimum Gasteiger partial charge on any atom is -0.347 e. The fourth-order valence-electron chi connectivity index (χ4n) is 2.13. The molecule has 1 heterocycles. The van der Waals surface area contributed by atoms with Crippen molar-refractivity contribution in [2.75, 3.05) is 40.3 Å². The van der Waals surface area contributed by atoms with Gasteiger partial charge in [-0.15, -0.1) is 0 Å². The van der Waals surface area contributed by atoms with Crippen LogP contribution >= 0.6 is 0 Å². The molecule has 0 bridgehead atoms. The van der Waals surface area contributed by atoms with E-state index in [0.717, 1.165) is 25.9 Å². The Morgan fingerprint density at radius 2 is 2.00 bits per heavy atom. The molecule has 1 rings (SSSR count). The van der Waals surface area contributed by atoms with Crippen LogP contribution in [0.4, 0.5) is 0 Å². The third-order valence-corrected chi connectivity index (χ3v) is 3.30. The number of nitrogens with zero attached hydrogens (tertiary/aromatic N) is 2. The number of carbonyl (C=O) groups is 2. The molecule has 1 fully saturated rings. The van der Waals surface area contributed by atoms with Crippen LogP contribution in [0.3, 0.4) is 0 Å². The summed E-state index contributed by atoms with van der Waals surface area (Å²) in [4.78, 5) is 27.1. The van der Waals surface area contributed by atoms with E-state index in [1.54, 1.807) is 19.0 Å². The van der Waals surface area contributed by atoms with Crippen molar-refractivity contribution in [3.63, 3.8) is 0 Å². The van der Waals surface area contributed by atoms with E-state index >= 15 is 0 Å². The van der Waals surface area contributed by atoms with Crippen molar-refractivity contribution in [1.29, 1.82) is 0 Å². The highest BCUT2D eigenvalue weighted by molar-refractivity contribution is 5.84. The third-order valence-electron chi connectivity index (χ3n) is 3.30. The maximum Gasteiger partial charge on any atom is 0.241 e. The molecule has 1 unspecified atom stereocenters. The minimum absolute atomic E-state index is 0.0126. The molecule has 1 N–H and O–H groups in total. The Kier molecular flexibility index (Phi) is 6.12. The highest BCUT2D eigenvalue weighted by Gasteiger charge is 2.23. The predicted octanol–water partition coefficient (Wildman–Crippen LogP) is 0.313. The van der Waals surface area contributed by atoms with Gasteiger partial charge in [0.25, 0.3) is 0 Å². The summed E-state index contributed by atoms with van der Waals surface area (Å²) in [5, 5.41) is 3.26. The van der Waals surface area contributed by atoms with Gasteiger partial charge in [-0.05, 0) is 31.8 Å². The van der Waals surface area contributed by atoms with Crippen LogP contribution in [0.1, 0.15) is 26.2 Å². The summed E-state index contributed by atoms with van der Waals surface area (Å²) in [7, 11) is 3.44. The van der Waals surface area contributed by atoms with Crippen molar-refractivity contribution in [1.82, 2.24) is 15.1 Å². The number of hydrogen-bond acceptors (Lipinski definition) is 3. The topological polar surface area (TPSA) is 52.7 Å².